The van der Waals surface area contributed by atoms with Gasteiger partial charge in [-0.3, -0.25) is 4.79 Å². The lowest BCUT2D eigenvalue weighted by atomic mass is 10.1. The zero-order chi connectivity index (χ0) is 16.6. The second kappa shape index (κ2) is 5.72. The average Bonchev–Trinajstić information content (AvgIpc) is 2.53. The molecule has 0 aliphatic rings. The molecule has 0 aliphatic heterocycles. The first-order valence-corrected chi connectivity index (χ1v) is 7.39. The van der Waals surface area contributed by atoms with Gasteiger partial charge in [0.05, 0.1) is 5.52 Å². The Morgan fingerprint density at radius 2 is 1.83 bits per heavy atom. The molecule has 3 aromatic rings. The van der Waals surface area contributed by atoms with Crippen molar-refractivity contribution in [3.8, 4) is 0 Å². The quantitative estimate of drug-likeness (QED) is 0.807. The molecule has 1 heterocycles. The van der Waals surface area contributed by atoms with Gasteiger partial charge in [-0.25, -0.2) is 4.79 Å². The van der Waals surface area contributed by atoms with Crippen LogP contribution in [0.1, 0.15) is 27.0 Å². The predicted octanol–water partition coefficient (Wildman–Crippen LogP) is 3.36. The fourth-order valence-electron chi connectivity index (χ4n) is 2.73. The van der Waals surface area contributed by atoms with Gasteiger partial charge in [0.1, 0.15) is 5.56 Å². The van der Waals surface area contributed by atoms with Gasteiger partial charge >= 0.3 is 5.97 Å². The van der Waals surface area contributed by atoms with Gasteiger partial charge in [0, 0.05) is 18.1 Å². The first-order valence-electron chi connectivity index (χ1n) is 7.39. The topological polar surface area (TPSA) is 59.3 Å². The second-order valence-electron chi connectivity index (χ2n) is 5.74. The van der Waals surface area contributed by atoms with E-state index < -0.39 is 11.4 Å². The Labute approximate surface area is 133 Å². The molecule has 1 N–H and O–H groups in total. The van der Waals surface area contributed by atoms with Crippen LogP contribution in [0.5, 0.6) is 0 Å². The monoisotopic (exact) mass is 307 g/mol. The van der Waals surface area contributed by atoms with Crippen LogP contribution in [0, 0.1) is 13.8 Å². The number of carboxylic acids is 1. The first kappa shape index (κ1) is 15.0. The third kappa shape index (κ3) is 2.75. The number of carboxylic acid groups (broad SMARTS) is 1. The fraction of sp³-hybridized carbons (Fsp3) is 0.158. The maximum atomic E-state index is 12.3. The number of para-hydroxylation sites is 1. The Morgan fingerprint density at radius 1 is 1.09 bits per heavy atom. The number of hydrogen-bond donors (Lipinski definition) is 1. The Kier molecular flexibility index (Phi) is 3.74. The second-order valence-corrected chi connectivity index (χ2v) is 5.74. The van der Waals surface area contributed by atoms with E-state index in [-0.39, 0.29) is 5.56 Å². The molecular formula is C19H17NO3. The minimum atomic E-state index is -1.20. The lowest BCUT2D eigenvalue weighted by molar-refractivity contribution is 0.0695. The number of carbonyl (C=O) groups is 1. The molecule has 0 bridgehead atoms. The summed E-state index contributed by atoms with van der Waals surface area (Å²) in [6.07, 6.45) is 1.43. The maximum Gasteiger partial charge on any atom is 0.341 e. The van der Waals surface area contributed by atoms with Gasteiger partial charge in [0.2, 0.25) is 5.43 Å². The van der Waals surface area contributed by atoms with E-state index in [4.69, 9.17) is 0 Å². The molecule has 4 nitrogen and oxygen atoms in total. The van der Waals surface area contributed by atoms with E-state index in [0.717, 1.165) is 11.1 Å². The van der Waals surface area contributed by atoms with Crippen molar-refractivity contribution in [3.05, 3.63) is 81.1 Å². The summed E-state index contributed by atoms with van der Waals surface area (Å²) in [7, 11) is 0. The van der Waals surface area contributed by atoms with E-state index in [1.54, 1.807) is 12.1 Å². The maximum absolute atomic E-state index is 12.3. The standard InChI is InChI=1S/C19H17NO3/c1-12-7-8-14(9-13(12)2)10-20-11-16(19(22)23)18(21)15-5-3-4-6-17(15)20/h3-9,11H,10H2,1-2H3,(H,22,23). The Bertz CT molecular complexity index is 970. The third-order valence-corrected chi connectivity index (χ3v) is 4.14. The highest BCUT2D eigenvalue weighted by atomic mass is 16.4. The van der Waals surface area contributed by atoms with Gasteiger partial charge in [-0.2, -0.15) is 0 Å². The molecule has 0 unspecified atom stereocenters. The molecule has 0 radical (unpaired) electrons. The van der Waals surface area contributed by atoms with Crippen molar-refractivity contribution < 1.29 is 9.90 Å². The number of nitrogens with zero attached hydrogens (tertiary/aromatic N) is 1. The largest absolute Gasteiger partial charge is 0.477 e. The van der Waals surface area contributed by atoms with Crippen LogP contribution in [-0.4, -0.2) is 15.6 Å². The zero-order valence-electron chi connectivity index (χ0n) is 13.0. The Balaban J connectivity index is 2.20. The average molecular weight is 307 g/mol. The van der Waals surface area contributed by atoms with Crippen molar-refractivity contribution in [3.63, 3.8) is 0 Å². The summed E-state index contributed by atoms with van der Waals surface area (Å²) in [5, 5.41) is 9.71. The zero-order valence-corrected chi connectivity index (χ0v) is 13.0. The number of fused-ring (bicyclic) bond motifs is 1. The predicted molar refractivity (Wildman–Crippen MR) is 90.2 cm³/mol. The minimum absolute atomic E-state index is 0.201. The summed E-state index contributed by atoms with van der Waals surface area (Å²) in [6, 6.07) is 13.3. The molecule has 0 spiro atoms. The summed E-state index contributed by atoms with van der Waals surface area (Å²) < 4.78 is 1.82. The highest BCUT2D eigenvalue weighted by Crippen LogP contribution is 2.16. The van der Waals surface area contributed by atoms with Crippen LogP contribution in [-0.2, 0) is 6.54 Å². The van der Waals surface area contributed by atoms with E-state index in [1.165, 1.54) is 17.3 Å². The lowest BCUT2D eigenvalue weighted by Gasteiger charge is -2.13. The van der Waals surface area contributed by atoms with E-state index in [1.807, 2.05) is 35.8 Å². The van der Waals surface area contributed by atoms with Crippen molar-refractivity contribution in [1.82, 2.24) is 4.57 Å². The number of pyridine rings is 1. The molecule has 116 valence electrons. The van der Waals surface area contributed by atoms with E-state index in [9.17, 15) is 14.7 Å². The molecule has 0 fully saturated rings. The van der Waals surface area contributed by atoms with Gasteiger partial charge in [0.25, 0.3) is 0 Å². The van der Waals surface area contributed by atoms with Crippen molar-refractivity contribution in [2.75, 3.05) is 0 Å². The normalized spacial score (nSPS) is 10.9. The Hall–Kier alpha value is -2.88. The van der Waals surface area contributed by atoms with Gasteiger partial charge in [0.15, 0.2) is 0 Å². The molecule has 0 amide bonds. The summed E-state index contributed by atoms with van der Waals surface area (Å²) in [5.74, 6) is -1.20. The summed E-state index contributed by atoms with van der Waals surface area (Å²) in [4.78, 5) is 23.6. The van der Waals surface area contributed by atoms with E-state index in [2.05, 4.69) is 13.0 Å². The molecule has 4 heteroatoms. The number of aryl methyl sites for hydroxylation is 2. The van der Waals surface area contributed by atoms with Crippen LogP contribution >= 0.6 is 0 Å². The third-order valence-electron chi connectivity index (χ3n) is 4.14. The number of aromatic carboxylic acids is 1. The molecule has 3 rings (SSSR count). The molecule has 23 heavy (non-hydrogen) atoms. The van der Waals surface area contributed by atoms with E-state index >= 15 is 0 Å². The number of hydrogen-bond acceptors (Lipinski definition) is 2. The smallest absolute Gasteiger partial charge is 0.341 e. The van der Waals surface area contributed by atoms with E-state index in [0.29, 0.717) is 11.9 Å². The van der Waals surface area contributed by atoms with Crippen LogP contribution in [0.3, 0.4) is 0 Å². The van der Waals surface area contributed by atoms with Crippen LogP contribution in [0.2, 0.25) is 0 Å². The van der Waals surface area contributed by atoms with Gasteiger partial charge in [-0.15, -0.1) is 0 Å². The van der Waals surface area contributed by atoms with Crippen molar-refractivity contribution in [2.24, 2.45) is 0 Å². The van der Waals surface area contributed by atoms with Crippen LogP contribution < -0.4 is 5.43 Å². The first-order chi connectivity index (χ1) is 11.0. The fourth-order valence-corrected chi connectivity index (χ4v) is 2.73. The van der Waals surface area contributed by atoms with Gasteiger partial charge in [-0.1, -0.05) is 30.3 Å². The molecular weight excluding hydrogens is 290 g/mol. The highest BCUT2D eigenvalue weighted by Gasteiger charge is 2.14. The minimum Gasteiger partial charge on any atom is -0.477 e. The molecule has 0 atom stereocenters. The van der Waals surface area contributed by atoms with Gasteiger partial charge in [-0.05, 0) is 42.7 Å². The van der Waals surface area contributed by atoms with Crippen molar-refractivity contribution in [2.45, 2.75) is 20.4 Å². The molecule has 0 saturated heterocycles. The lowest BCUT2D eigenvalue weighted by Crippen LogP contribution is -2.19. The summed E-state index contributed by atoms with van der Waals surface area (Å²) in [6.45, 7) is 4.61. The molecule has 2 aromatic carbocycles. The number of benzene rings is 2. The summed E-state index contributed by atoms with van der Waals surface area (Å²) in [5.41, 5.74) is 3.56. The Morgan fingerprint density at radius 3 is 2.52 bits per heavy atom. The van der Waals surface area contributed by atoms with Crippen molar-refractivity contribution in [1.29, 1.82) is 0 Å². The summed E-state index contributed by atoms with van der Waals surface area (Å²) >= 11 is 0. The van der Waals surface area contributed by atoms with Crippen molar-refractivity contribution >= 4 is 16.9 Å². The SMILES string of the molecule is Cc1ccc(Cn2cc(C(=O)O)c(=O)c3ccccc32)cc1C. The highest BCUT2D eigenvalue weighted by molar-refractivity contribution is 5.92. The van der Waals surface area contributed by atoms with Crippen LogP contribution in [0.15, 0.2) is 53.5 Å². The molecule has 0 saturated carbocycles. The van der Waals surface area contributed by atoms with Crippen LogP contribution in [0.25, 0.3) is 10.9 Å². The van der Waals surface area contributed by atoms with Gasteiger partial charge < -0.3 is 9.67 Å². The number of aromatic nitrogens is 1. The number of rotatable bonds is 3. The molecule has 0 aliphatic carbocycles. The van der Waals surface area contributed by atoms with Crippen LogP contribution in [0.4, 0.5) is 0 Å². The molecule has 1 aromatic heterocycles.